The van der Waals surface area contributed by atoms with E-state index in [0.29, 0.717) is 16.6 Å². The van der Waals surface area contributed by atoms with Gasteiger partial charge in [0.15, 0.2) is 0 Å². The normalized spacial score (nSPS) is 16.1. The Morgan fingerprint density at radius 2 is 2.26 bits per heavy atom. The predicted octanol–water partition coefficient (Wildman–Crippen LogP) is 3.42. The van der Waals surface area contributed by atoms with Crippen molar-refractivity contribution < 1.29 is 9.18 Å². The highest BCUT2D eigenvalue weighted by molar-refractivity contribution is 7.10. The molecule has 5 rings (SSSR count). The van der Waals surface area contributed by atoms with Gasteiger partial charge in [-0.25, -0.2) is 14.4 Å². The number of hydrogen-bond acceptors (Lipinski definition) is 5. The third-order valence-electron chi connectivity index (χ3n) is 5.27. The second-order valence-corrected chi connectivity index (χ2v) is 7.74. The van der Waals surface area contributed by atoms with Crippen LogP contribution in [0.4, 0.5) is 10.2 Å². The molecule has 1 aromatic carbocycles. The molecule has 0 saturated carbocycles. The van der Waals surface area contributed by atoms with Gasteiger partial charge in [0, 0.05) is 18.0 Å². The molecule has 0 bridgehead atoms. The van der Waals surface area contributed by atoms with Crippen LogP contribution in [-0.2, 0) is 6.42 Å². The molecule has 0 radical (unpaired) electrons. The predicted molar refractivity (Wildman–Crippen MR) is 102 cm³/mol. The minimum Gasteiger partial charge on any atom is -0.382 e. The lowest BCUT2D eigenvalue weighted by atomic mass is 10.1. The van der Waals surface area contributed by atoms with E-state index in [1.54, 1.807) is 40.2 Å². The lowest BCUT2D eigenvalue weighted by molar-refractivity contribution is 0.0726. The molecule has 1 aliphatic rings. The highest BCUT2D eigenvalue weighted by atomic mass is 32.1. The van der Waals surface area contributed by atoms with Gasteiger partial charge in [-0.2, -0.15) is 0 Å². The summed E-state index contributed by atoms with van der Waals surface area (Å²) in [5, 5.41) is 2.04. The smallest absolute Gasteiger partial charge is 0.257 e. The van der Waals surface area contributed by atoms with Gasteiger partial charge in [-0.15, -0.1) is 11.3 Å². The van der Waals surface area contributed by atoms with Crippen molar-refractivity contribution in [2.75, 3.05) is 12.8 Å². The number of carbonyl (C=O) groups excluding carboxylic acids is 1. The monoisotopic (exact) mass is 381 g/mol. The Balaban J connectivity index is 1.61. The molecule has 0 saturated heterocycles. The lowest BCUT2D eigenvalue weighted by Crippen LogP contribution is -2.30. The van der Waals surface area contributed by atoms with Crippen molar-refractivity contribution in [2.24, 2.45) is 0 Å². The van der Waals surface area contributed by atoms with Gasteiger partial charge in [-0.3, -0.25) is 9.20 Å². The van der Waals surface area contributed by atoms with Gasteiger partial charge in [0.05, 0.1) is 35.2 Å². The second kappa shape index (κ2) is 5.75. The van der Waals surface area contributed by atoms with Gasteiger partial charge in [0.1, 0.15) is 17.2 Å². The van der Waals surface area contributed by atoms with Crippen LogP contribution >= 0.6 is 11.3 Å². The first kappa shape index (κ1) is 16.2. The molecule has 6 nitrogen and oxygen atoms in total. The van der Waals surface area contributed by atoms with Gasteiger partial charge in [0.2, 0.25) is 0 Å². The summed E-state index contributed by atoms with van der Waals surface area (Å²) < 4.78 is 16.5. The number of nitrogens with two attached hydrogens (primary N) is 1. The van der Waals surface area contributed by atoms with E-state index >= 15 is 0 Å². The number of carbonyl (C=O) groups is 1. The zero-order valence-electron chi connectivity index (χ0n) is 14.5. The number of aryl methyl sites for hydroxylation is 1. The first-order valence-electron chi connectivity index (χ1n) is 8.59. The van der Waals surface area contributed by atoms with Gasteiger partial charge >= 0.3 is 0 Å². The van der Waals surface area contributed by atoms with E-state index in [1.807, 2.05) is 5.38 Å². The molecule has 8 heteroatoms. The van der Waals surface area contributed by atoms with Crippen molar-refractivity contribution in [1.82, 2.24) is 19.3 Å². The zero-order valence-corrected chi connectivity index (χ0v) is 15.3. The van der Waals surface area contributed by atoms with Crippen LogP contribution in [0.5, 0.6) is 0 Å². The maximum atomic E-state index is 14.8. The Morgan fingerprint density at radius 1 is 1.41 bits per heavy atom. The Morgan fingerprint density at radius 3 is 3.11 bits per heavy atom. The van der Waals surface area contributed by atoms with Crippen molar-refractivity contribution in [3.63, 3.8) is 0 Å². The average Bonchev–Trinajstić information content (AvgIpc) is 3.36. The second-order valence-electron chi connectivity index (χ2n) is 6.74. The SMILES string of the molecule is CN(C(=O)c1cc2c(cc1F)nc(N)c1cncn12)C1CCc2sccc21. The Kier molecular flexibility index (Phi) is 3.45. The molecule has 3 aromatic heterocycles. The van der Waals surface area contributed by atoms with E-state index < -0.39 is 5.82 Å². The zero-order chi connectivity index (χ0) is 18.7. The number of fused-ring (bicyclic) bond motifs is 4. The Hall–Kier alpha value is -3.00. The van der Waals surface area contributed by atoms with Crippen LogP contribution < -0.4 is 5.73 Å². The maximum Gasteiger partial charge on any atom is 0.257 e. The van der Waals surface area contributed by atoms with Crippen LogP contribution in [0.25, 0.3) is 16.6 Å². The minimum absolute atomic E-state index is 0.0216. The van der Waals surface area contributed by atoms with Crippen molar-refractivity contribution in [2.45, 2.75) is 18.9 Å². The molecule has 3 heterocycles. The number of rotatable bonds is 2. The number of nitrogen functional groups attached to an aromatic ring is 1. The van der Waals surface area contributed by atoms with Crippen LogP contribution in [0.3, 0.4) is 0 Å². The summed E-state index contributed by atoms with van der Waals surface area (Å²) in [4.78, 5) is 24.3. The average molecular weight is 381 g/mol. The van der Waals surface area contributed by atoms with Gasteiger partial charge in [0.25, 0.3) is 5.91 Å². The summed E-state index contributed by atoms with van der Waals surface area (Å²) >= 11 is 1.71. The number of thiophene rings is 1. The Labute approximate surface area is 158 Å². The molecule has 0 aliphatic heterocycles. The molecule has 1 amide bonds. The molecule has 27 heavy (non-hydrogen) atoms. The first-order chi connectivity index (χ1) is 13.0. The van der Waals surface area contributed by atoms with Gasteiger partial charge in [-0.1, -0.05) is 0 Å². The van der Waals surface area contributed by atoms with E-state index in [0.717, 1.165) is 12.8 Å². The molecule has 136 valence electrons. The summed E-state index contributed by atoms with van der Waals surface area (Å²) in [5.74, 6) is -0.677. The standard InChI is InChI=1S/C19H16FN5OS/c1-24(14-2-3-17-10(14)4-5-27-17)19(26)11-6-15-13(7-12(11)20)23-18(21)16-8-22-9-25(15)16/h4-9,14H,2-3H2,1H3,(H2,21,23). The number of hydrogen-bond donors (Lipinski definition) is 1. The van der Waals surface area contributed by atoms with Crippen LogP contribution in [-0.4, -0.2) is 32.2 Å². The minimum atomic E-state index is -0.603. The summed E-state index contributed by atoms with van der Waals surface area (Å²) in [7, 11) is 1.73. The fraction of sp³-hybridized carbons (Fsp3) is 0.211. The van der Waals surface area contributed by atoms with Crippen molar-refractivity contribution >= 4 is 39.6 Å². The highest BCUT2D eigenvalue weighted by Crippen LogP contribution is 2.39. The number of halogens is 1. The molecule has 0 spiro atoms. The number of anilines is 1. The van der Waals surface area contributed by atoms with E-state index in [-0.39, 0.29) is 23.3 Å². The summed E-state index contributed by atoms with van der Waals surface area (Å²) in [6.45, 7) is 0. The summed E-state index contributed by atoms with van der Waals surface area (Å²) in [6.07, 6.45) is 4.99. The third kappa shape index (κ3) is 2.33. The molecule has 1 aliphatic carbocycles. The van der Waals surface area contributed by atoms with E-state index in [2.05, 4.69) is 16.0 Å². The number of benzene rings is 1. The number of imidazole rings is 1. The van der Waals surface area contributed by atoms with E-state index in [9.17, 15) is 9.18 Å². The number of aromatic nitrogens is 3. The highest BCUT2D eigenvalue weighted by Gasteiger charge is 2.31. The quantitative estimate of drug-likeness (QED) is 0.577. The molecular weight excluding hydrogens is 365 g/mol. The first-order valence-corrected chi connectivity index (χ1v) is 9.47. The molecule has 0 fully saturated rings. The summed E-state index contributed by atoms with van der Waals surface area (Å²) in [5.41, 5.74) is 8.71. The van der Waals surface area contributed by atoms with Crippen LogP contribution in [0.1, 0.15) is 33.3 Å². The van der Waals surface area contributed by atoms with E-state index in [4.69, 9.17) is 5.73 Å². The van der Waals surface area contributed by atoms with E-state index in [1.165, 1.54) is 22.6 Å². The number of amides is 1. The molecule has 2 N–H and O–H groups in total. The topological polar surface area (TPSA) is 76.5 Å². The van der Waals surface area contributed by atoms with Gasteiger partial charge in [-0.05, 0) is 35.9 Å². The van der Waals surface area contributed by atoms with Crippen LogP contribution in [0.2, 0.25) is 0 Å². The molecular formula is C19H16FN5OS. The van der Waals surface area contributed by atoms with Crippen molar-refractivity contribution in [3.8, 4) is 0 Å². The maximum absolute atomic E-state index is 14.8. The largest absolute Gasteiger partial charge is 0.382 e. The van der Waals surface area contributed by atoms with Gasteiger partial charge < -0.3 is 10.6 Å². The van der Waals surface area contributed by atoms with Crippen LogP contribution in [0.15, 0.2) is 36.1 Å². The van der Waals surface area contributed by atoms with Crippen LogP contribution in [0, 0.1) is 5.82 Å². The summed E-state index contributed by atoms with van der Waals surface area (Å²) in [6, 6.07) is 4.83. The van der Waals surface area contributed by atoms with Crippen molar-refractivity contribution in [1.29, 1.82) is 0 Å². The lowest BCUT2D eigenvalue weighted by Gasteiger charge is -2.25. The molecule has 1 atom stereocenters. The fourth-order valence-corrected chi connectivity index (χ4v) is 4.82. The third-order valence-corrected chi connectivity index (χ3v) is 6.26. The Bertz CT molecular complexity index is 1210. The molecule has 1 unspecified atom stereocenters. The number of nitrogens with zero attached hydrogens (tertiary/aromatic N) is 4. The fourth-order valence-electron chi connectivity index (χ4n) is 3.87. The van der Waals surface area contributed by atoms with Crippen molar-refractivity contribution in [3.05, 3.63) is 57.9 Å². The molecule has 4 aromatic rings.